The van der Waals surface area contributed by atoms with Gasteiger partial charge in [0, 0.05) is 10.3 Å². The maximum Gasteiger partial charge on any atom is 0.147 e. The molecule has 0 bridgehead atoms. The molecule has 0 fully saturated rings. The zero-order valence-electron chi connectivity index (χ0n) is 13.0. The molecule has 2 nitrogen and oxygen atoms in total. The minimum atomic E-state index is -4.04. The lowest BCUT2D eigenvalue weighted by atomic mass is 9.68. The molecule has 0 aliphatic carbocycles. The zero-order valence-corrected chi connectivity index (χ0v) is 10.8. The van der Waals surface area contributed by atoms with E-state index in [0.717, 1.165) is 0 Å². The van der Waals surface area contributed by atoms with Crippen molar-refractivity contribution in [2.75, 3.05) is 11.9 Å². The number of rotatable bonds is 2. The highest BCUT2D eigenvalue weighted by atomic mass is 32.2. The second-order valence-electron chi connectivity index (χ2n) is 5.93. The van der Waals surface area contributed by atoms with Gasteiger partial charge in [-0.25, -0.2) is 8.42 Å². The van der Waals surface area contributed by atoms with Crippen LogP contribution in [0.1, 0.15) is 45.7 Å². The molecule has 0 aromatic heterocycles. The van der Waals surface area contributed by atoms with Crippen LogP contribution in [0.15, 0.2) is 0 Å². The first-order valence-electron chi connectivity index (χ1n) is 6.45. The van der Waals surface area contributed by atoms with Gasteiger partial charge in [-0.05, 0) is 16.7 Å². The number of hydrogen-bond donors (Lipinski definition) is 0. The van der Waals surface area contributed by atoms with E-state index < -0.39 is 27.7 Å². The molecule has 0 amide bonds. The highest BCUT2D eigenvalue weighted by Crippen LogP contribution is 2.40. The fourth-order valence-corrected chi connectivity index (χ4v) is 3.09. The summed E-state index contributed by atoms with van der Waals surface area (Å²) in [4.78, 5) is 0. The Labute approximate surface area is 93.2 Å². The quantitative estimate of drug-likeness (QED) is 0.721. The third-order valence-electron chi connectivity index (χ3n) is 2.19. The number of sulfone groups is 1. The third kappa shape index (κ3) is 4.99. The van der Waals surface area contributed by atoms with Crippen LogP contribution in [0.4, 0.5) is 0 Å². The Balaban J connectivity index is 5.55. The van der Waals surface area contributed by atoms with Crippen molar-refractivity contribution >= 4 is 9.84 Å². The maximum atomic E-state index is 11.8. The van der Waals surface area contributed by atoms with Crippen LogP contribution < -0.4 is 0 Å². The number of hydrogen-bond acceptors (Lipinski definition) is 2. The van der Waals surface area contributed by atoms with Crippen molar-refractivity contribution in [1.29, 1.82) is 0 Å². The molecule has 0 aliphatic rings. The minimum absolute atomic E-state index is 0.368. The molecule has 0 saturated carbocycles. The molecule has 0 spiro atoms. The lowest BCUT2D eigenvalue weighted by Crippen LogP contribution is -2.37. The monoisotopic (exact) mass is 223 g/mol. The van der Waals surface area contributed by atoms with Crippen LogP contribution >= 0.6 is 0 Å². The van der Waals surface area contributed by atoms with Crippen LogP contribution in [0, 0.1) is 16.7 Å². The van der Waals surface area contributed by atoms with E-state index in [9.17, 15) is 8.42 Å². The topological polar surface area (TPSA) is 34.1 Å². The molecule has 1 unspecified atom stereocenters. The van der Waals surface area contributed by atoms with Crippen molar-refractivity contribution in [3.63, 3.8) is 0 Å². The van der Waals surface area contributed by atoms with E-state index >= 15 is 0 Å². The maximum absolute atomic E-state index is 11.8. The largest absolute Gasteiger partial charge is 0.229 e. The van der Waals surface area contributed by atoms with Gasteiger partial charge < -0.3 is 0 Å². The fourth-order valence-electron chi connectivity index (χ4n) is 1.90. The van der Waals surface area contributed by atoms with Crippen LogP contribution in [-0.4, -0.2) is 20.4 Å². The normalized spacial score (nSPS) is 20.4. The molecule has 0 rings (SSSR count). The van der Waals surface area contributed by atoms with Gasteiger partial charge in [0.15, 0.2) is 0 Å². The summed E-state index contributed by atoms with van der Waals surface area (Å²) >= 11 is 0. The van der Waals surface area contributed by atoms with E-state index in [4.69, 9.17) is 4.11 Å². The van der Waals surface area contributed by atoms with Gasteiger partial charge >= 0.3 is 0 Å². The first-order chi connectivity index (χ1) is 7.22. The Morgan fingerprint density at radius 2 is 1.50 bits per heavy atom. The van der Waals surface area contributed by atoms with Crippen molar-refractivity contribution in [2.24, 2.45) is 16.7 Å². The second kappa shape index (κ2) is 3.84. The van der Waals surface area contributed by atoms with E-state index in [-0.39, 0.29) is 10.8 Å². The van der Waals surface area contributed by atoms with E-state index in [1.54, 1.807) is 0 Å². The molecule has 14 heavy (non-hydrogen) atoms. The summed E-state index contributed by atoms with van der Waals surface area (Å²) in [6.45, 7) is 11.4. The van der Waals surface area contributed by atoms with Gasteiger partial charge in [-0.2, -0.15) is 0 Å². The summed E-state index contributed by atoms with van der Waals surface area (Å²) in [7, 11) is -4.04. The molecule has 0 heterocycles. The molecular weight excluding hydrogens is 196 g/mol. The average Bonchev–Trinajstić information content (AvgIpc) is 1.97. The molecule has 0 aromatic rings. The SMILES string of the molecule is [2H]C([2H])S(=O)(=O)C([2H])C(C(C)(C)C)C(C)(C)C. The Bertz CT molecular complexity index is 336. The summed E-state index contributed by atoms with van der Waals surface area (Å²) in [5.41, 5.74) is -2.17. The molecule has 0 saturated heterocycles. The van der Waals surface area contributed by atoms with Crippen LogP contribution in [0.5, 0.6) is 0 Å². The van der Waals surface area contributed by atoms with Crippen LogP contribution in [-0.2, 0) is 9.84 Å². The van der Waals surface area contributed by atoms with Crippen molar-refractivity contribution in [1.82, 2.24) is 0 Å². The highest BCUT2D eigenvalue weighted by Gasteiger charge is 2.36. The Kier molecular flexibility index (Phi) is 2.52. The highest BCUT2D eigenvalue weighted by molar-refractivity contribution is 7.90. The van der Waals surface area contributed by atoms with Gasteiger partial charge in [-0.15, -0.1) is 0 Å². The summed E-state index contributed by atoms with van der Waals surface area (Å²) in [6.07, 6.45) is -1.99. The van der Waals surface area contributed by atoms with Gasteiger partial charge in [-0.1, -0.05) is 41.5 Å². The van der Waals surface area contributed by atoms with Crippen LogP contribution in [0.3, 0.4) is 0 Å². The molecule has 0 aliphatic heterocycles. The Morgan fingerprint density at radius 3 is 1.71 bits per heavy atom. The molecule has 1 atom stereocenters. The van der Waals surface area contributed by atoms with Crippen molar-refractivity contribution in [2.45, 2.75) is 41.5 Å². The lowest BCUT2D eigenvalue weighted by Gasteiger charge is -2.40. The molecule has 0 radical (unpaired) electrons. The summed E-state index contributed by atoms with van der Waals surface area (Å²) in [6, 6.07) is 0. The van der Waals surface area contributed by atoms with E-state index in [0.29, 0.717) is 0 Å². The molecule has 0 N–H and O–H groups in total. The molecule has 86 valence electrons. The van der Waals surface area contributed by atoms with E-state index in [1.165, 1.54) is 0 Å². The molecular formula is C11H24O2S. The summed E-state index contributed by atoms with van der Waals surface area (Å²) < 4.78 is 45.7. The molecule has 3 heteroatoms. The summed E-state index contributed by atoms with van der Waals surface area (Å²) in [5, 5.41) is 0. The predicted octanol–water partition coefficient (Wildman–Crippen LogP) is 2.74. The second-order valence-corrected chi connectivity index (χ2v) is 7.39. The van der Waals surface area contributed by atoms with Crippen LogP contribution in [0.2, 0.25) is 0 Å². The van der Waals surface area contributed by atoms with E-state index in [2.05, 4.69) is 0 Å². The minimum Gasteiger partial charge on any atom is -0.229 e. The summed E-state index contributed by atoms with van der Waals surface area (Å²) in [5.74, 6) is -0.432. The van der Waals surface area contributed by atoms with Gasteiger partial charge in [0.2, 0.25) is 0 Å². The third-order valence-corrected chi connectivity index (χ3v) is 2.84. The first-order valence-corrected chi connectivity index (χ1v) is 6.32. The van der Waals surface area contributed by atoms with Gasteiger partial charge in [0.1, 0.15) is 9.84 Å². The van der Waals surface area contributed by atoms with Gasteiger partial charge in [0.05, 0.1) is 5.73 Å². The Morgan fingerprint density at radius 1 is 1.14 bits per heavy atom. The van der Waals surface area contributed by atoms with Crippen LogP contribution in [0.25, 0.3) is 0 Å². The smallest absolute Gasteiger partial charge is 0.147 e. The Hall–Kier alpha value is -0.0500. The fraction of sp³-hybridized carbons (Fsp3) is 1.00. The average molecular weight is 223 g/mol. The lowest BCUT2D eigenvalue weighted by molar-refractivity contribution is 0.123. The van der Waals surface area contributed by atoms with Gasteiger partial charge in [0.25, 0.3) is 0 Å². The predicted molar refractivity (Wildman–Crippen MR) is 62.1 cm³/mol. The van der Waals surface area contributed by atoms with E-state index in [1.807, 2.05) is 41.5 Å². The van der Waals surface area contributed by atoms with Crippen molar-refractivity contribution < 1.29 is 12.5 Å². The van der Waals surface area contributed by atoms with Crippen molar-refractivity contribution in [3.05, 3.63) is 0 Å². The standard InChI is InChI=1S/C11H24O2S/c1-10(2,3)9(11(4,5)6)8-14(7,12)13/h9H,8H2,1-7H3/i7D2,8D. The zero-order chi connectivity index (χ0) is 14.2. The van der Waals surface area contributed by atoms with Crippen molar-refractivity contribution in [3.8, 4) is 0 Å². The first kappa shape index (κ1) is 9.20. The molecule has 0 aromatic carbocycles. The van der Waals surface area contributed by atoms with Gasteiger partial charge in [-0.3, -0.25) is 0 Å².